The lowest BCUT2D eigenvalue weighted by molar-refractivity contribution is 0.133. The van der Waals surface area contributed by atoms with Crippen LogP contribution in [0.25, 0.3) is 0 Å². The molecule has 2 amide bonds. The maximum absolute atomic E-state index is 12.4. The lowest BCUT2D eigenvalue weighted by Gasteiger charge is -2.41. The van der Waals surface area contributed by atoms with Gasteiger partial charge < -0.3 is 0 Å². The van der Waals surface area contributed by atoms with Crippen LogP contribution in [-0.4, -0.2) is 41.2 Å². The Morgan fingerprint density at radius 3 is 2.71 bits per heavy atom. The van der Waals surface area contributed by atoms with E-state index in [1.165, 1.54) is 5.56 Å². The number of allylic oxidation sites excluding steroid dienone is 4. The number of carbonyl (C=O) groups is 1. The van der Waals surface area contributed by atoms with E-state index in [1.807, 2.05) is 11.1 Å². The smallest absolute Gasteiger partial charge is 0.299 e. The molecule has 1 unspecified atom stereocenters. The van der Waals surface area contributed by atoms with E-state index in [-0.39, 0.29) is 18.0 Å². The quantitative estimate of drug-likeness (QED) is 0.852. The van der Waals surface area contributed by atoms with Gasteiger partial charge in [-0.3, -0.25) is 9.80 Å². The maximum Gasteiger partial charge on any atom is 0.347 e. The second kappa shape index (κ2) is 6.73. The fraction of sp³-hybridized carbons (Fsp3) is 0.400. The molecule has 2 aliphatic heterocycles. The van der Waals surface area contributed by atoms with Crippen LogP contribution in [0.1, 0.15) is 24.8 Å². The van der Waals surface area contributed by atoms with Crippen molar-refractivity contribution in [3.63, 3.8) is 0 Å². The normalized spacial score (nSPS) is 24.8. The fourth-order valence-electron chi connectivity index (χ4n) is 3.90. The minimum absolute atomic E-state index is 0.0886. The largest absolute Gasteiger partial charge is 0.347 e. The third-order valence-electron chi connectivity index (χ3n) is 5.19. The molecule has 0 N–H and O–H groups in total. The van der Waals surface area contributed by atoms with Crippen molar-refractivity contribution < 1.29 is 4.79 Å². The van der Waals surface area contributed by atoms with E-state index >= 15 is 0 Å². The van der Waals surface area contributed by atoms with Crippen molar-refractivity contribution in [2.24, 2.45) is 10.9 Å². The molecule has 4 nitrogen and oxygen atoms in total. The fourth-order valence-corrected chi connectivity index (χ4v) is 3.90. The molecule has 124 valence electrons. The van der Waals surface area contributed by atoms with Crippen molar-refractivity contribution in [3.05, 3.63) is 59.8 Å². The number of amides is 2. The van der Waals surface area contributed by atoms with E-state index in [1.54, 1.807) is 0 Å². The number of urea groups is 1. The lowest BCUT2D eigenvalue weighted by atomic mass is 9.92. The Labute approximate surface area is 143 Å². The summed E-state index contributed by atoms with van der Waals surface area (Å²) in [5, 5.41) is 0. The average Bonchev–Trinajstić information content (AvgIpc) is 2.63. The van der Waals surface area contributed by atoms with Crippen molar-refractivity contribution >= 4 is 12.2 Å². The van der Waals surface area contributed by atoms with Crippen molar-refractivity contribution in [3.8, 4) is 0 Å². The van der Waals surface area contributed by atoms with Gasteiger partial charge in [0.2, 0.25) is 0 Å². The molecule has 0 bridgehead atoms. The van der Waals surface area contributed by atoms with E-state index in [2.05, 4.69) is 58.5 Å². The molecule has 0 saturated carbocycles. The van der Waals surface area contributed by atoms with Gasteiger partial charge in [-0.1, -0.05) is 42.5 Å². The number of carbonyl (C=O) groups excluding carboxylic acids is 1. The molecule has 3 aliphatic rings. The highest BCUT2D eigenvalue weighted by Crippen LogP contribution is 2.31. The summed E-state index contributed by atoms with van der Waals surface area (Å²) in [6.45, 7) is 3.05. The van der Waals surface area contributed by atoms with Crippen LogP contribution in [-0.2, 0) is 6.54 Å². The predicted octanol–water partition coefficient (Wildman–Crippen LogP) is 3.62. The van der Waals surface area contributed by atoms with Gasteiger partial charge in [0.25, 0.3) is 0 Å². The van der Waals surface area contributed by atoms with Gasteiger partial charge in [-0.15, -0.1) is 0 Å². The molecule has 1 aromatic rings. The first-order valence-corrected chi connectivity index (χ1v) is 8.81. The highest BCUT2D eigenvalue weighted by molar-refractivity contribution is 5.90. The van der Waals surface area contributed by atoms with Crippen molar-refractivity contribution in [2.45, 2.75) is 31.8 Å². The van der Waals surface area contributed by atoms with Crippen molar-refractivity contribution in [1.82, 2.24) is 9.80 Å². The number of aliphatic imine (C=N–C) groups is 1. The molecule has 0 radical (unpaired) electrons. The van der Waals surface area contributed by atoms with Crippen LogP contribution >= 0.6 is 0 Å². The Bertz CT molecular complexity index is 684. The Morgan fingerprint density at radius 1 is 1.12 bits per heavy atom. The van der Waals surface area contributed by atoms with Gasteiger partial charge in [0.15, 0.2) is 0 Å². The molecule has 1 saturated heterocycles. The van der Waals surface area contributed by atoms with E-state index in [0.717, 1.165) is 44.6 Å². The summed E-state index contributed by atoms with van der Waals surface area (Å²) < 4.78 is 0. The molecule has 4 rings (SSSR count). The van der Waals surface area contributed by atoms with Gasteiger partial charge in [0.1, 0.15) is 0 Å². The van der Waals surface area contributed by atoms with Crippen LogP contribution < -0.4 is 0 Å². The van der Waals surface area contributed by atoms with Gasteiger partial charge in [0.05, 0.1) is 0 Å². The highest BCUT2D eigenvalue weighted by Gasteiger charge is 2.35. The minimum Gasteiger partial charge on any atom is -0.299 e. The monoisotopic (exact) mass is 321 g/mol. The van der Waals surface area contributed by atoms with Crippen molar-refractivity contribution in [1.29, 1.82) is 0 Å². The predicted molar refractivity (Wildman–Crippen MR) is 95.8 cm³/mol. The molecule has 0 aromatic heterocycles. The second-order valence-corrected chi connectivity index (χ2v) is 6.79. The summed E-state index contributed by atoms with van der Waals surface area (Å²) in [4.78, 5) is 21.0. The van der Waals surface area contributed by atoms with Crippen LogP contribution in [0, 0.1) is 5.92 Å². The van der Waals surface area contributed by atoms with E-state index in [9.17, 15) is 4.79 Å². The average molecular weight is 321 g/mol. The zero-order valence-electron chi connectivity index (χ0n) is 13.8. The van der Waals surface area contributed by atoms with Gasteiger partial charge in [0, 0.05) is 43.5 Å². The van der Waals surface area contributed by atoms with E-state index in [4.69, 9.17) is 0 Å². The zero-order valence-corrected chi connectivity index (χ0v) is 13.8. The molecule has 1 fully saturated rings. The summed E-state index contributed by atoms with van der Waals surface area (Å²) in [5.74, 6) is 0.273. The third-order valence-corrected chi connectivity index (χ3v) is 5.19. The Hall–Kier alpha value is -2.20. The number of nitrogens with zero attached hydrogens (tertiary/aromatic N) is 3. The molecule has 2 heterocycles. The van der Waals surface area contributed by atoms with Crippen LogP contribution in [0.2, 0.25) is 0 Å². The SMILES string of the molecule is O=C1N=CC2CC=CC=C2N1C1CCN(Cc2ccccc2)CC1. The number of hydrogen-bond donors (Lipinski definition) is 0. The second-order valence-electron chi connectivity index (χ2n) is 6.79. The van der Waals surface area contributed by atoms with E-state index in [0.29, 0.717) is 0 Å². The van der Waals surface area contributed by atoms with Crippen molar-refractivity contribution in [2.75, 3.05) is 13.1 Å². The van der Waals surface area contributed by atoms with Gasteiger partial charge >= 0.3 is 6.03 Å². The number of likely N-dealkylation sites (tertiary alicyclic amines) is 1. The number of piperidine rings is 1. The highest BCUT2D eigenvalue weighted by atomic mass is 16.2. The topological polar surface area (TPSA) is 35.9 Å². The molecule has 1 atom stereocenters. The number of benzene rings is 1. The van der Waals surface area contributed by atoms with Gasteiger partial charge in [-0.25, -0.2) is 9.79 Å². The summed E-state index contributed by atoms with van der Waals surface area (Å²) in [5.41, 5.74) is 2.49. The molecule has 1 aliphatic carbocycles. The summed E-state index contributed by atoms with van der Waals surface area (Å²) >= 11 is 0. The van der Waals surface area contributed by atoms with Gasteiger partial charge in [-0.05, 0) is 30.9 Å². The molecule has 1 aromatic carbocycles. The van der Waals surface area contributed by atoms with Crippen LogP contribution in [0.4, 0.5) is 4.79 Å². The Balaban J connectivity index is 1.42. The Kier molecular flexibility index (Phi) is 4.30. The molecule has 24 heavy (non-hydrogen) atoms. The maximum atomic E-state index is 12.4. The van der Waals surface area contributed by atoms with Gasteiger partial charge in [-0.2, -0.15) is 0 Å². The number of hydrogen-bond acceptors (Lipinski definition) is 2. The summed E-state index contributed by atoms with van der Waals surface area (Å²) in [7, 11) is 0. The lowest BCUT2D eigenvalue weighted by Crippen LogP contribution is -2.48. The van der Waals surface area contributed by atoms with Crippen LogP contribution in [0.5, 0.6) is 0 Å². The number of rotatable bonds is 3. The Morgan fingerprint density at radius 2 is 1.92 bits per heavy atom. The molecular weight excluding hydrogens is 298 g/mol. The summed E-state index contributed by atoms with van der Waals surface area (Å²) in [6.07, 6.45) is 11.1. The first-order valence-electron chi connectivity index (χ1n) is 8.81. The first-order chi connectivity index (χ1) is 11.8. The zero-order chi connectivity index (χ0) is 16.4. The minimum atomic E-state index is -0.0886. The number of fused-ring (bicyclic) bond motifs is 1. The van der Waals surface area contributed by atoms with Crippen LogP contribution in [0.15, 0.2) is 59.2 Å². The summed E-state index contributed by atoms with van der Waals surface area (Å²) in [6, 6.07) is 10.8. The standard InChI is InChI=1S/C20H23N3O/c24-20-21-14-17-8-4-5-9-19(17)23(20)18-10-12-22(13-11-18)15-16-6-2-1-3-7-16/h1-7,9,14,17-18H,8,10-13,15H2. The van der Waals surface area contributed by atoms with Crippen LogP contribution in [0.3, 0.4) is 0 Å². The third kappa shape index (κ3) is 3.06. The molecular formula is C20H23N3O. The molecule has 4 heteroatoms. The molecule has 0 spiro atoms. The van der Waals surface area contributed by atoms with E-state index < -0.39 is 0 Å². The first kappa shape index (κ1) is 15.3.